The van der Waals surface area contributed by atoms with Gasteiger partial charge < -0.3 is 34.4 Å². The molecule has 0 aromatic heterocycles. The van der Waals surface area contributed by atoms with Gasteiger partial charge in [-0.2, -0.15) is 0 Å². The number of anilines is 2. The van der Waals surface area contributed by atoms with E-state index in [4.69, 9.17) is 9.47 Å². The molecule has 2 heterocycles. The van der Waals surface area contributed by atoms with Crippen LogP contribution in [0.15, 0.2) is 47.4 Å². The number of carbonyl (C=O) groups is 2. The molecule has 2 saturated heterocycles. The third-order valence-corrected chi connectivity index (χ3v) is 10.5. The summed E-state index contributed by atoms with van der Waals surface area (Å²) < 4.78 is 48.1. The molecule has 0 bridgehead atoms. The van der Waals surface area contributed by atoms with Crippen LogP contribution in [-0.4, -0.2) is 76.9 Å². The molecule has 2 aliphatic heterocycles. The lowest BCUT2D eigenvalue weighted by atomic mass is 10.2. The number of cyclic esters (lactones) is 1. The van der Waals surface area contributed by atoms with E-state index >= 15 is 0 Å². The normalized spacial score (nSPS) is 19.5. The van der Waals surface area contributed by atoms with Gasteiger partial charge in [0.2, 0.25) is 8.03 Å². The molecule has 0 spiro atoms. The largest absolute Gasteiger partial charge is 0.442 e. The first kappa shape index (κ1) is 29.5. The van der Waals surface area contributed by atoms with Gasteiger partial charge in [0.25, 0.3) is 5.24 Å². The Hall–Kier alpha value is -2.44. The monoisotopic (exact) mass is 603 g/mol. The average Bonchev–Trinajstić information content (AvgIpc) is 3.27. The van der Waals surface area contributed by atoms with Crippen LogP contribution in [0.25, 0.3) is 0 Å². The minimum Gasteiger partial charge on any atom is -0.442 e. The Bertz CT molecular complexity index is 1270. The number of carbonyl (C=O) groups excluding carboxylic acids is 2. The predicted molar refractivity (Wildman–Crippen MR) is 144 cm³/mol. The Labute approximate surface area is 228 Å². The molecule has 212 valence electrons. The van der Waals surface area contributed by atoms with Gasteiger partial charge in [0.05, 0.1) is 37.7 Å². The van der Waals surface area contributed by atoms with Crippen LogP contribution in [0, 0.1) is 5.82 Å². The Balaban J connectivity index is 1.27. The summed E-state index contributed by atoms with van der Waals surface area (Å²) in [5, 5.41) is 0.571. The average molecular weight is 604 g/mol. The first-order valence-corrected chi connectivity index (χ1v) is 15.9. The Morgan fingerprint density at radius 3 is 2.51 bits per heavy atom. The van der Waals surface area contributed by atoms with Gasteiger partial charge in [-0.15, -0.1) is 0 Å². The van der Waals surface area contributed by atoms with Crippen LogP contribution >= 0.6 is 27.4 Å². The molecule has 2 aromatic carbocycles. The van der Waals surface area contributed by atoms with Gasteiger partial charge in [-0.3, -0.25) is 18.8 Å². The van der Waals surface area contributed by atoms with Crippen LogP contribution in [0.5, 0.6) is 0 Å². The molecule has 39 heavy (non-hydrogen) atoms. The molecular weight excluding hydrogens is 575 g/mol. The highest BCUT2D eigenvalue weighted by Crippen LogP contribution is 2.53. The van der Waals surface area contributed by atoms with E-state index < -0.39 is 44.3 Å². The van der Waals surface area contributed by atoms with Gasteiger partial charge in [-0.1, -0.05) is 12.1 Å². The van der Waals surface area contributed by atoms with Crippen molar-refractivity contribution in [3.8, 4) is 0 Å². The van der Waals surface area contributed by atoms with Gasteiger partial charge in [-0.25, -0.2) is 9.18 Å². The van der Waals surface area contributed by atoms with Gasteiger partial charge in [0.15, 0.2) is 0 Å². The van der Waals surface area contributed by atoms with Crippen molar-refractivity contribution in [2.45, 2.75) is 22.8 Å². The fraction of sp³-hybridized carbons (Fsp3) is 0.391. The summed E-state index contributed by atoms with van der Waals surface area (Å²) in [5.74, 6) is -0.454. The van der Waals surface area contributed by atoms with Gasteiger partial charge in [-0.05, 0) is 54.1 Å². The van der Waals surface area contributed by atoms with E-state index in [1.165, 1.54) is 23.1 Å². The van der Waals surface area contributed by atoms with Crippen LogP contribution in [0.2, 0.25) is 0 Å². The number of hydrogen-bond donors (Lipinski definition) is 4. The molecule has 2 fully saturated rings. The maximum absolute atomic E-state index is 14.8. The highest BCUT2D eigenvalue weighted by atomic mass is 32.2. The number of amides is 2. The zero-order valence-electron chi connectivity index (χ0n) is 20.6. The molecule has 4 rings (SSSR count). The van der Waals surface area contributed by atoms with Crippen molar-refractivity contribution in [2.24, 2.45) is 0 Å². The summed E-state index contributed by atoms with van der Waals surface area (Å²) in [5.41, 5.74) is 1.23. The second-order valence-electron chi connectivity index (χ2n) is 8.91. The van der Waals surface area contributed by atoms with Crippen LogP contribution < -0.4 is 15.1 Å². The standard InChI is InChI=1S/C23H28FN3O9P2S/c24-19-12-16(3-6-20(19)26-7-9-35-10-8-26)27-14-17(36-23(27)29)13-25-22(28)39-18-4-1-15(2-5-18)11-21(37(30)31)38(32,33)34/h1-6,12,17,21,37H,7-11,13-14H2,(H,25,28)(H,30,31)(H2,32,33,34)/t17-,21?/m0/s1. The van der Waals surface area contributed by atoms with Crippen LogP contribution in [0.1, 0.15) is 5.56 Å². The summed E-state index contributed by atoms with van der Waals surface area (Å²) >= 11 is 0.856. The minimum absolute atomic E-state index is 0.0370. The number of ether oxygens (including phenoxy) is 2. The number of halogens is 1. The third kappa shape index (κ3) is 7.82. The van der Waals surface area contributed by atoms with E-state index in [-0.39, 0.29) is 19.5 Å². The summed E-state index contributed by atoms with van der Waals surface area (Å²) in [4.78, 5) is 56.3. The van der Waals surface area contributed by atoms with Crippen molar-refractivity contribution in [2.75, 3.05) is 49.2 Å². The van der Waals surface area contributed by atoms with E-state index in [0.717, 1.165) is 11.8 Å². The first-order valence-electron chi connectivity index (χ1n) is 11.9. The molecule has 2 unspecified atom stereocenters. The van der Waals surface area contributed by atoms with Crippen LogP contribution in [0.4, 0.5) is 25.4 Å². The number of morpholine rings is 1. The van der Waals surface area contributed by atoms with Crippen molar-refractivity contribution in [1.82, 2.24) is 5.32 Å². The second-order valence-corrected chi connectivity index (χ2v) is 13.6. The summed E-state index contributed by atoms with van der Waals surface area (Å²) in [6, 6.07) is 10.7. The summed E-state index contributed by atoms with van der Waals surface area (Å²) in [6.45, 7) is 2.36. The smallest absolute Gasteiger partial charge is 0.414 e. The Morgan fingerprint density at radius 2 is 1.90 bits per heavy atom. The molecular formula is C23H28FN3O9P2S. The first-order chi connectivity index (χ1) is 18.5. The fourth-order valence-electron chi connectivity index (χ4n) is 4.17. The van der Waals surface area contributed by atoms with E-state index in [9.17, 15) is 37.8 Å². The minimum atomic E-state index is -4.74. The molecule has 12 nitrogen and oxygen atoms in total. The van der Waals surface area contributed by atoms with Crippen molar-refractivity contribution >= 4 is 50.1 Å². The Morgan fingerprint density at radius 1 is 1.21 bits per heavy atom. The maximum atomic E-state index is 14.8. The number of thioether (sulfide) groups is 1. The van der Waals surface area contributed by atoms with Crippen molar-refractivity contribution in [1.29, 1.82) is 0 Å². The van der Waals surface area contributed by atoms with Gasteiger partial charge in [0, 0.05) is 18.0 Å². The van der Waals surface area contributed by atoms with E-state index in [0.29, 0.717) is 48.1 Å². The topological polar surface area (TPSA) is 166 Å². The highest BCUT2D eigenvalue weighted by molar-refractivity contribution is 8.13. The molecule has 3 atom stereocenters. The molecule has 0 aliphatic carbocycles. The van der Waals surface area contributed by atoms with Crippen molar-refractivity contribution in [3.63, 3.8) is 0 Å². The van der Waals surface area contributed by atoms with Crippen molar-refractivity contribution < 1.29 is 47.3 Å². The molecule has 4 N–H and O–H groups in total. The van der Waals surface area contributed by atoms with Crippen LogP contribution in [-0.2, 0) is 25.0 Å². The molecule has 2 aliphatic rings. The number of rotatable bonds is 9. The maximum Gasteiger partial charge on any atom is 0.414 e. The number of nitrogens with zero attached hydrogens (tertiary/aromatic N) is 2. The molecule has 0 saturated carbocycles. The predicted octanol–water partition coefficient (Wildman–Crippen LogP) is 3.00. The quantitative estimate of drug-likeness (QED) is 0.246. The molecule has 0 radical (unpaired) electrons. The molecule has 16 heteroatoms. The zero-order chi connectivity index (χ0) is 28.2. The van der Waals surface area contributed by atoms with Crippen molar-refractivity contribution in [3.05, 3.63) is 53.8 Å². The highest BCUT2D eigenvalue weighted by Gasteiger charge is 2.34. The third-order valence-electron chi connectivity index (χ3n) is 6.20. The second kappa shape index (κ2) is 12.8. The zero-order valence-corrected chi connectivity index (χ0v) is 23.3. The van der Waals surface area contributed by atoms with E-state index in [1.807, 2.05) is 4.90 Å². The molecule has 2 amide bonds. The summed E-state index contributed by atoms with van der Waals surface area (Å²) in [7, 11) is -8.19. The number of benzene rings is 2. The lowest BCUT2D eigenvalue weighted by Crippen LogP contribution is -2.36. The number of nitrogens with one attached hydrogen (secondary N) is 1. The number of hydrogen-bond acceptors (Lipinski definition) is 8. The fourth-order valence-corrected chi connectivity index (χ4v) is 6.82. The lowest BCUT2D eigenvalue weighted by molar-refractivity contribution is 0.122. The molecule has 2 aromatic rings. The summed E-state index contributed by atoms with van der Waals surface area (Å²) in [6.07, 6.45) is -1.56. The van der Waals surface area contributed by atoms with E-state index in [2.05, 4.69) is 5.32 Å². The van der Waals surface area contributed by atoms with Crippen LogP contribution in [0.3, 0.4) is 0 Å². The van der Waals surface area contributed by atoms with Gasteiger partial charge in [0.1, 0.15) is 17.3 Å². The lowest BCUT2D eigenvalue weighted by Gasteiger charge is -2.29. The SMILES string of the molecule is O=C(NC[C@H]1CN(c2ccc(N3CCOCC3)c(F)c2)C(=O)O1)Sc1ccc(CC([PH](=O)O)P(=O)(O)O)cc1. The Kier molecular flexibility index (Phi) is 9.71. The van der Waals surface area contributed by atoms with Gasteiger partial charge >= 0.3 is 13.7 Å². The van der Waals surface area contributed by atoms with E-state index in [1.54, 1.807) is 24.3 Å².